The fourth-order valence-electron chi connectivity index (χ4n) is 4.20. The van der Waals surface area contributed by atoms with E-state index in [-0.39, 0.29) is 5.92 Å². The number of nitrogens with zero attached hydrogens (tertiary/aromatic N) is 5. The highest BCUT2D eigenvalue weighted by molar-refractivity contribution is 7.22. The summed E-state index contributed by atoms with van der Waals surface area (Å²) in [7, 11) is 0. The minimum Gasteiger partial charge on any atom is -0.346 e. The third-order valence-corrected chi connectivity index (χ3v) is 7.06. The molecule has 0 bridgehead atoms. The van der Waals surface area contributed by atoms with E-state index in [0.29, 0.717) is 5.91 Å². The van der Waals surface area contributed by atoms with Crippen LogP contribution in [0.5, 0.6) is 0 Å². The van der Waals surface area contributed by atoms with Crippen molar-refractivity contribution < 1.29 is 4.79 Å². The van der Waals surface area contributed by atoms with Crippen molar-refractivity contribution in [3.05, 3.63) is 35.5 Å². The lowest BCUT2D eigenvalue weighted by atomic mass is 10.0. The van der Waals surface area contributed by atoms with Crippen molar-refractivity contribution in [3.63, 3.8) is 0 Å². The van der Waals surface area contributed by atoms with E-state index in [0.717, 1.165) is 72.3 Å². The molecule has 3 heterocycles. The number of carbonyl (C=O) groups is 1. The predicted octanol–water partition coefficient (Wildman–Crippen LogP) is 4.57. The van der Waals surface area contributed by atoms with Crippen LogP contribution in [0.1, 0.15) is 44.4 Å². The van der Waals surface area contributed by atoms with Crippen LogP contribution in [0.4, 0.5) is 5.13 Å². The van der Waals surface area contributed by atoms with Crippen LogP contribution in [-0.2, 0) is 4.79 Å². The summed E-state index contributed by atoms with van der Waals surface area (Å²) in [5.41, 5.74) is 4.18. The Morgan fingerprint density at radius 2 is 2.03 bits per heavy atom. The number of carbonyl (C=O) groups excluding carboxylic acids is 1. The van der Waals surface area contributed by atoms with Gasteiger partial charge >= 0.3 is 0 Å². The lowest BCUT2D eigenvalue weighted by molar-refractivity contribution is -0.135. The highest BCUT2D eigenvalue weighted by atomic mass is 32.1. The predicted molar refractivity (Wildman–Crippen MR) is 124 cm³/mol. The van der Waals surface area contributed by atoms with E-state index in [4.69, 9.17) is 10.1 Å². The number of aromatic nitrogens is 3. The molecule has 1 unspecified atom stereocenters. The van der Waals surface area contributed by atoms with Gasteiger partial charge in [0.1, 0.15) is 0 Å². The molecule has 2 aromatic heterocycles. The van der Waals surface area contributed by atoms with Crippen LogP contribution in [0.2, 0.25) is 0 Å². The van der Waals surface area contributed by atoms with E-state index in [1.807, 2.05) is 9.58 Å². The zero-order valence-electron chi connectivity index (χ0n) is 18.4. The lowest BCUT2D eigenvalue weighted by Crippen LogP contribution is -2.38. The van der Waals surface area contributed by atoms with Gasteiger partial charge in [0.2, 0.25) is 5.91 Å². The van der Waals surface area contributed by atoms with Gasteiger partial charge in [0, 0.05) is 32.1 Å². The van der Waals surface area contributed by atoms with Crippen molar-refractivity contribution in [3.8, 4) is 5.69 Å². The van der Waals surface area contributed by atoms with Gasteiger partial charge in [-0.3, -0.25) is 4.79 Å². The van der Waals surface area contributed by atoms with Crippen LogP contribution < -0.4 is 4.90 Å². The SMILES string of the molecule is CCCC(C)C(=O)N1CCCN(c2nc3c(s2)c(C)nn3-c2cccc(C)c2)CC1. The molecule has 6 nitrogen and oxygen atoms in total. The molecule has 1 saturated heterocycles. The number of rotatable bonds is 5. The van der Waals surface area contributed by atoms with Gasteiger partial charge in [0.05, 0.1) is 16.1 Å². The van der Waals surface area contributed by atoms with Crippen LogP contribution in [-0.4, -0.2) is 51.8 Å². The standard InChI is InChI=1S/C23H31N5OS/c1-5-8-17(3)22(29)26-11-7-12-27(14-13-26)23-24-21-20(30-23)18(4)25-28(21)19-10-6-9-16(2)15-19/h6,9-10,15,17H,5,7-8,11-14H2,1-4H3. The van der Waals surface area contributed by atoms with Gasteiger partial charge in [-0.1, -0.05) is 43.7 Å². The number of amides is 1. The summed E-state index contributed by atoms with van der Waals surface area (Å²) in [6, 6.07) is 8.36. The van der Waals surface area contributed by atoms with Crippen molar-refractivity contribution in [2.75, 3.05) is 31.1 Å². The first kappa shape index (κ1) is 20.8. The number of aryl methyl sites for hydroxylation is 2. The molecule has 1 aliphatic heterocycles. The Hall–Kier alpha value is -2.41. The van der Waals surface area contributed by atoms with Gasteiger partial charge in [0.15, 0.2) is 10.8 Å². The van der Waals surface area contributed by atoms with Gasteiger partial charge in [-0.25, -0.2) is 4.68 Å². The second kappa shape index (κ2) is 8.76. The zero-order chi connectivity index (χ0) is 21.3. The van der Waals surface area contributed by atoms with Crippen LogP contribution in [0.15, 0.2) is 24.3 Å². The first-order chi connectivity index (χ1) is 14.5. The molecule has 0 saturated carbocycles. The van der Waals surface area contributed by atoms with Crippen LogP contribution in [0.25, 0.3) is 16.0 Å². The Balaban J connectivity index is 1.55. The van der Waals surface area contributed by atoms with Gasteiger partial charge in [-0.2, -0.15) is 10.1 Å². The number of benzene rings is 1. The average Bonchev–Trinajstić information content (AvgIpc) is 3.19. The molecule has 160 valence electrons. The Kier molecular flexibility index (Phi) is 6.09. The Bertz CT molecular complexity index is 1040. The second-order valence-corrected chi connectivity index (χ2v) is 9.32. The van der Waals surface area contributed by atoms with Crippen molar-refractivity contribution in [2.45, 2.75) is 47.0 Å². The molecule has 0 N–H and O–H groups in total. The molecule has 1 aliphatic rings. The summed E-state index contributed by atoms with van der Waals surface area (Å²) >= 11 is 1.71. The molecule has 1 fully saturated rings. The molecule has 0 spiro atoms. The summed E-state index contributed by atoms with van der Waals surface area (Å²) in [5.74, 6) is 0.417. The third kappa shape index (κ3) is 4.08. The maximum Gasteiger partial charge on any atom is 0.225 e. The van der Waals surface area contributed by atoms with E-state index in [1.165, 1.54) is 5.56 Å². The largest absolute Gasteiger partial charge is 0.346 e. The highest BCUT2D eigenvalue weighted by Gasteiger charge is 2.25. The topological polar surface area (TPSA) is 54.3 Å². The van der Waals surface area contributed by atoms with Gasteiger partial charge < -0.3 is 9.80 Å². The Morgan fingerprint density at radius 3 is 2.80 bits per heavy atom. The number of anilines is 1. The number of fused-ring (bicyclic) bond motifs is 1. The van der Waals surface area contributed by atoms with Gasteiger partial charge in [-0.05, 0) is 44.4 Å². The maximum absolute atomic E-state index is 12.7. The van der Waals surface area contributed by atoms with E-state index < -0.39 is 0 Å². The monoisotopic (exact) mass is 425 g/mol. The summed E-state index contributed by atoms with van der Waals surface area (Å²) in [4.78, 5) is 22.1. The fraction of sp³-hybridized carbons (Fsp3) is 0.522. The van der Waals surface area contributed by atoms with Crippen LogP contribution >= 0.6 is 11.3 Å². The first-order valence-electron chi connectivity index (χ1n) is 10.9. The molecule has 0 aliphatic carbocycles. The highest BCUT2D eigenvalue weighted by Crippen LogP contribution is 2.33. The molecule has 7 heteroatoms. The maximum atomic E-state index is 12.7. The molecule has 30 heavy (non-hydrogen) atoms. The Morgan fingerprint density at radius 1 is 1.20 bits per heavy atom. The molecule has 1 amide bonds. The lowest BCUT2D eigenvalue weighted by Gasteiger charge is -2.24. The van der Waals surface area contributed by atoms with Gasteiger partial charge in [-0.15, -0.1) is 0 Å². The number of thiazole rings is 1. The molecular formula is C23H31N5OS. The zero-order valence-corrected chi connectivity index (χ0v) is 19.2. The van der Waals surface area contributed by atoms with Crippen molar-refractivity contribution in [1.82, 2.24) is 19.7 Å². The summed E-state index contributed by atoms with van der Waals surface area (Å²) in [5, 5.41) is 5.76. The summed E-state index contributed by atoms with van der Waals surface area (Å²) in [6.07, 6.45) is 2.99. The molecule has 0 radical (unpaired) electrons. The van der Waals surface area contributed by atoms with E-state index in [2.05, 4.69) is 56.9 Å². The normalized spacial score (nSPS) is 16.1. The van der Waals surface area contributed by atoms with Gasteiger partial charge in [0.25, 0.3) is 0 Å². The smallest absolute Gasteiger partial charge is 0.225 e. The van der Waals surface area contributed by atoms with Crippen LogP contribution in [0, 0.1) is 19.8 Å². The second-order valence-electron chi connectivity index (χ2n) is 8.34. The van der Waals surface area contributed by atoms with E-state index in [9.17, 15) is 4.79 Å². The number of hydrogen-bond acceptors (Lipinski definition) is 5. The fourth-order valence-corrected chi connectivity index (χ4v) is 5.23. The molecule has 1 aromatic carbocycles. The number of hydrogen-bond donors (Lipinski definition) is 0. The van der Waals surface area contributed by atoms with Crippen molar-refractivity contribution in [1.29, 1.82) is 0 Å². The molecular weight excluding hydrogens is 394 g/mol. The summed E-state index contributed by atoms with van der Waals surface area (Å²) < 4.78 is 3.10. The summed E-state index contributed by atoms with van der Waals surface area (Å²) in [6.45, 7) is 11.7. The molecule has 3 aromatic rings. The minimum absolute atomic E-state index is 0.118. The first-order valence-corrected chi connectivity index (χ1v) is 11.8. The quantitative estimate of drug-likeness (QED) is 0.601. The van der Waals surface area contributed by atoms with Crippen LogP contribution in [0.3, 0.4) is 0 Å². The molecule has 1 atom stereocenters. The third-order valence-electron chi connectivity index (χ3n) is 5.84. The van der Waals surface area contributed by atoms with Crippen molar-refractivity contribution >= 4 is 32.7 Å². The van der Waals surface area contributed by atoms with Crippen molar-refractivity contribution in [2.24, 2.45) is 5.92 Å². The molecule has 4 rings (SSSR count). The minimum atomic E-state index is 0.118. The van der Waals surface area contributed by atoms with E-state index in [1.54, 1.807) is 11.3 Å². The average molecular weight is 426 g/mol. The van der Waals surface area contributed by atoms with E-state index >= 15 is 0 Å². The Labute approximate surface area is 182 Å².